The van der Waals surface area contributed by atoms with Gasteiger partial charge in [-0.05, 0) is 168 Å². The smallest absolute Gasteiger partial charge is 0.417 e. The predicted octanol–water partition coefficient (Wildman–Crippen LogP) is 15.3. The minimum absolute atomic E-state index is 0.00672. The zero-order chi connectivity index (χ0) is 96.1. The molecule has 0 bridgehead atoms. The van der Waals surface area contributed by atoms with Crippen molar-refractivity contribution in [3.05, 3.63) is 290 Å². The number of nitrogens with zero attached hydrogens (tertiary/aromatic N) is 12. The van der Waals surface area contributed by atoms with E-state index in [2.05, 4.69) is 40.9 Å². The second kappa shape index (κ2) is 45.6. The molecule has 5 aliphatic heterocycles. The molecule has 5 fully saturated rings. The first-order valence-electron chi connectivity index (χ1n) is 45.5. The highest BCUT2D eigenvalue weighted by atomic mass is 19.4. The summed E-state index contributed by atoms with van der Waals surface area (Å²) in [6.45, 7) is 7.64. The minimum Gasteiger partial charge on any atom is -0.496 e. The van der Waals surface area contributed by atoms with Crippen molar-refractivity contribution in [2.45, 2.75) is 97.1 Å². The van der Waals surface area contributed by atoms with Crippen LogP contribution in [0.3, 0.4) is 0 Å². The first kappa shape index (κ1) is 97.7. The van der Waals surface area contributed by atoms with E-state index in [1.807, 2.05) is 78.6 Å². The minimum atomic E-state index is -4.58. The third-order valence-corrected chi connectivity index (χ3v) is 25.3. The molecule has 0 atom stereocenters. The number of carbonyl (C=O) groups excluding carboxylic acids is 10. The summed E-state index contributed by atoms with van der Waals surface area (Å²) in [7, 11) is 1.56. The Bertz CT molecular complexity index is 5980. The first-order valence-corrected chi connectivity index (χ1v) is 45.5. The van der Waals surface area contributed by atoms with Crippen molar-refractivity contribution in [3.8, 4) is 28.1 Å². The lowest BCUT2D eigenvalue weighted by molar-refractivity contribution is -0.138. The van der Waals surface area contributed by atoms with Crippen molar-refractivity contribution in [2.24, 2.45) is 11.8 Å². The molecule has 710 valence electrons. The number of hydrogen-bond acceptors (Lipinski definition) is 17. The maximum absolute atomic E-state index is 14.1. The van der Waals surface area contributed by atoms with Crippen LogP contribution in [0.2, 0.25) is 0 Å². The number of para-hydroxylation sites is 1. The van der Waals surface area contributed by atoms with Crippen LogP contribution in [0, 0.1) is 36.2 Å². The van der Waals surface area contributed by atoms with Gasteiger partial charge in [-0.15, -0.1) is 10.2 Å². The van der Waals surface area contributed by atoms with Gasteiger partial charge in [0, 0.05) is 166 Å². The summed E-state index contributed by atoms with van der Waals surface area (Å²) in [5.41, 5.74) is 7.22. The van der Waals surface area contributed by atoms with E-state index in [4.69, 9.17) is 4.74 Å². The van der Waals surface area contributed by atoms with E-state index in [1.54, 1.807) is 76.5 Å². The summed E-state index contributed by atoms with van der Waals surface area (Å²) in [4.78, 5) is 144. The number of hydrogen-bond donors (Lipinski definition) is 3. The van der Waals surface area contributed by atoms with Crippen LogP contribution in [0.5, 0.6) is 5.75 Å². The number of pyridine rings is 1. The van der Waals surface area contributed by atoms with Gasteiger partial charge in [0.1, 0.15) is 48.1 Å². The Morgan fingerprint density at radius 1 is 0.463 bits per heavy atom. The number of H-pyrrole nitrogens is 1. The Morgan fingerprint density at radius 3 is 1.57 bits per heavy atom. The lowest BCUT2D eigenvalue weighted by Gasteiger charge is -2.35. The predicted molar refractivity (Wildman–Crippen MR) is 493 cm³/mol. The maximum Gasteiger partial charge on any atom is 0.417 e. The molecule has 0 unspecified atom stereocenters. The van der Waals surface area contributed by atoms with Crippen LogP contribution in [0.25, 0.3) is 22.4 Å². The highest BCUT2D eigenvalue weighted by molar-refractivity contribution is 6.01. The average Bonchev–Trinajstić information content (AvgIpc) is 1.63. The standard InChI is InChI=1S/C28H26F2N2O3.C26H27F3N4O2.C26H26F2N4O4.C22H26FN5O2/c29-19-20-6-11-25(30)24(18-20)28(35)32-16-14-31(15-17-32)27(34)13-12-26(33)23-9-7-22(8-10-23)21-4-2-1-3-5-21;27-26(28,29)22-8-4-3-7-21(22)25(35)33-15-19-13-32(14-20(19)16-33)23-10-9-18(12-30-23)24(34)31-11-17-5-1-2-6-17;1-36-24-5-3-2-4-18(24)21-15-22(30-29-21)23(33)8-9-25(34)31-10-12-32(13-11-31)26(35)19-14-17(16-27)6-7-20(19)28;1-15-2-5-17(23)14-18(15)22(30)28-12-10-27(11-13-28)20-7-6-19(25-26-20)21(29)24-9-8-16-3-4-16/h1-11,18H,12-17,19H2;3-4,7-10,12,17H,1-2,5-6,11,13-16H2,(H,31,34);2-7,14-15H,8-13,16H2,1H3,(H,29,30);2,5-7,14,16H,3-4,8-13H2,1H3,(H,24,29). The lowest BCUT2D eigenvalue weighted by atomic mass is 10.0. The zero-order valence-corrected chi connectivity index (χ0v) is 75.4. The van der Waals surface area contributed by atoms with Crippen molar-refractivity contribution in [2.75, 3.05) is 135 Å². The molecule has 3 N–H and O–H groups in total. The topological polar surface area (TPSA) is 297 Å². The van der Waals surface area contributed by atoms with Gasteiger partial charge in [-0.25, -0.2) is 26.9 Å². The Hall–Kier alpha value is -14.3. The van der Waals surface area contributed by atoms with E-state index < -0.39 is 60.3 Å². The van der Waals surface area contributed by atoms with Crippen molar-refractivity contribution in [1.29, 1.82) is 0 Å². The van der Waals surface area contributed by atoms with Gasteiger partial charge in [-0.1, -0.05) is 123 Å². The molecule has 10 aromatic rings. The van der Waals surface area contributed by atoms with Gasteiger partial charge >= 0.3 is 6.18 Å². The largest absolute Gasteiger partial charge is 0.496 e. The Labute approximate surface area is 781 Å². The maximum atomic E-state index is 14.1. The fourth-order valence-electron chi connectivity index (χ4n) is 17.1. The molecule has 34 heteroatoms. The average molecular weight is 1870 g/mol. The number of methoxy groups -OCH3 is 1. The molecule has 8 amide bonds. The van der Waals surface area contributed by atoms with E-state index >= 15 is 0 Å². The second-order valence-electron chi connectivity index (χ2n) is 34.4. The van der Waals surface area contributed by atoms with E-state index in [0.717, 1.165) is 69.8 Å². The molecule has 26 nitrogen and oxygen atoms in total. The van der Waals surface area contributed by atoms with Crippen LogP contribution in [0.1, 0.15) is 176 Å². The number of aromatic nitrogens is 5. The van der Waals surface area contributed by atoms with Crippen LogP contribution < -0.4 is 25.2 Å². The molecule has 7 aromatic carbocycles. The molecule has 7 aliphatic rings. The zero-order valence-electron chi connectivity index (χ0n) is 75.4. The second-order valence-corrected chi connectivity index (χ2v) is 34.4. The third kappa shape index (κ3) is 25.2. The molecule has 3 saturated heterocycles. The number of carbonyl (C=O) groups is 10. The summed E-state index contributed by atoms with van der Waals surface area (Å²) < 4.78 is 113. The molecule has 17 rings (SSSR count). The number of nitrogens with one attached hydrogen (secondary N) is 3. The third-order valence-electron chi connectivity index (χ3n) is 25.3. The molecule has 3 aromatic heterocycles. The molecule has 0 radical (unpaired) electrons. The molecular formula is C102H105F8N15O11. The highest BCUT2D eigenvalue weighted by Gasteiger charge is 2.40. The summed E-state index contributed by atoms with van der Waals surface area (Å²) in [5.74, 6) is -1.26. The number of halogens is 8. The van der Waals surface area contributed by atoms with Gasteiger partial charge in [0.25, 0.3) is 35.4 Å². The summed E-state index contributed by atoms with van der Waals surface area (Å²) in [6.07, 6.45) is 5.57. The fourth-order valence-corrected chi connectivity index (χ4v) is 17.1. The summed E-state index contributed by atoms with van der Waals surface area (Å²) >= 11 is 0. The number of alkyl halides is 5. The normalized spacial score (nSPS) is 15.4. The molecule has 2 aliphatic carbocycles. The van der Waals surface area contributed by atoms with Crippen LogP contribution in [-0.4, -0.2) is 239 Å². The quantitative estimate of drug-likeness (QED) is 0.0258. The van der Waals surface area contributed by atoms with Crippen LogP contribution >= 0.6 is 0 Å². The van der Waals surface area contributed by atoms with Crippen molar-refractivity contribution in [3.63, 3.8) is 0 Å². The Kier molecular flexibility index (Phi) is 32.7. The first-order chi connectivity index (χ1) is 65.7. The number of ether oxygens (including phenoxy) is 1. The molecule has 136 heavy (non-hydrogen) atoms. The number of rotatable bonds is 26. The summed E-state index contributed by atoms with van der Waals surface area (Å²) in [6, 6.07) is 49.6. The molecule has 2 saturated carbocycles. The number of Topliss-reactive ketones (excluding diaryl/α,β-unsaturated/α-hetero) is 2. The van der Waals surface area contributed by atoms with Crippen molar-refractivity contribution in [1.82, 2.24) is 65.4 Å². The number of piperazine rings is 3. The number of ketones is 2. The number of amides is 8. The van der Waals surface area contributed by atoms with Gasteiger partial charge in [-0.3, -0.25) is 53.0 Å². The van der Waals surface area contributed by atoms with Crippen molar-refractivity contribution < 1.29 is 87.8 Å². The van der Waals surface area contributed by atoms with Gasteiger partial charge in [0.05, 0.1) is 40.6 Å². The molecular weight excluding hydrogens is 1760 g/mol. The SMILES string of the molecule is COc1ccccc1-c1cc(C(=O)CCC(=O)N2CCN(C(=O)c3cc(CF)ccc3F)CC2)[nH]n1.Cc1ccc(F)cc1C(=O)N1CCN(c2ccc(C(=O)NCCC3CC3)nn2)CC1.O=C(CCC(=O)N1CCN(C(=O)c2cc(CF)ccc2F)CC1)c1ccc(-c2ccccc2)cc1.O=C(NCC1CCCC1)c1ccc(N2CC3=C(CN(C(=O)c4ccccc4C(F)(F)F)C3)C2)nc1. The number of benzene rings is 7. The molecule has 0 spiro atoms. The Morgan fingerprint density at radius 2 is 1.00 bits per heavy atom. The van der Waals surface area contributed by atoms with Gasteiger partial charge < -0.3 is 54.6 Å². The van der Waals surface area contributed by atoms with Crippen LogP contribution in [0.15, 0.2) is 205 Å². The van der Waals surface area contributed by atoms with E-state index in [9.17, 15) is 83.1 Å². The number of anilines is 2. The van der Waals surface area contributed by atoms with E-state index in [1.165, 1.54) is 108 Å². The van der Waals surface area contributed by atoms with Crippen molar-refractivity contribution >= 4 is 70.5 Å². The van der Waals surface area contributed by atoms with Crippen LogP contribution in [0.4, 0.5) is 46.8 Å². The number of aromatic amines is 1. The highest BCUT2D eigenvalue weighted by Crippen LogP contribution is 2.37. The lowest BCUT2D eigenvalue weighted by Crippen LogP contribution is -2.50. The van der Waals surface area contributed by atoms with Crippen LogP contribution in [-0.2, 0) is 29.1 Å². The number of aryl methyl sites for hydroxylation is 1. The Balaban J connectivity index is 0.000000145. The van der Waals surface area contributed by atoms with E-state index in [0.29, 0.717) is 130 Å². The van der Waals surface area contributed by atoms with Gasteiger partial charge in [-0.2, -0.15) is 18.3 Å². The van der Waals surface area contributed by atoms with Gasteiger partial charge in [0.2, 0.25) is 11.8 Å². The van der Waals surface area contributed by atoms with E-state index in [-0.39, 0.29) is 134 Å². The fraction of sp³-hybridized carbons (Fsp3) is 0.353. The monoisotopic (exact) mass is 1870 g/mol. The van der Waals surface area contributed by atoms with Gasteiger partial charge in [0.15, 0.2) is 23.1 Å². The molecule has 8 heterocycles. The summed E-state index contributed by atoms with van der Waals surface area (Å²) in [5, 5.41) is 21.1.